The van der Waals surface area contributed by atoms with Crippen molar-refractivity contribution in [3.8, 4) is 44.5 Å². The van der Waals surface area contributed by atoms with Crippen LogP contribution in [0.25, 0.3) is 67.4 Å². The van der Waals surface area contributed by atoms with E-state index >= 15 is 0 Å². The van der Waals surface area contributed by atoms with Gasteiger partial charge in [-0.3, -0.25) is 0 Å². The summed E-state index contributed by atoms with van der Waals surface area (Å²) in [7, 11) is 0. The fourth-order valence-corrected chi connectivity index (χ4v) is 10.3. The van der Waals surface area contributed by atoms with Crippen molar-refractivity contribution < 1.29 is 0 Å². The van der Waals surface area contributed by atoms with Gasteiger partial charge in [0.15, 0.2) is 0 Å². The van der Waals surface area contributed by atoms with Crippen LogP contribution in [0.3, 0.4) is 0 Å². The molecule has 0 aliphatic heterocycles. The summed E-state index contributed by atoms with van der Waals surface area (Å²) in [4.78, 5) is 5.08. The number of benzene rings is 10. The summed E-state index contributed by atoms with van der Waals surface area (Å²) in [6.45, 7) is 0. The molecule has 0 heterocycles. The lowest BCUT2D eigenvalue weighted by molar-refractivity contribution is 0.695. The zero-order valence-corrected chi connectivity index (χ0v) is 36.5. The van der Waals surface area contributed by atoms with Gasteiger partial charge in [0, 0.05) is 33.8 Å². The van der Waals surface area contributed by atoms with Crippen molar-refractivity contribution in [2.75, 3.05) is 9.80 Å². The summed E-state index contributed by atoms with van der Waals surface area (Å²) in [5.41, 5.74) is 19.1. The highest BCUT2D eigenvalue weighted by Gasteiger charge is 2.36. The number of anilines is 5. The van der Waals surface area contributed by atoms with Gasteiger partial charge in [0.25, 0.3) is 0 Å². The molecule has 2 unspecified atom stereocenters. The van der Waals surface area contributed by atoms with Gasteiger partial charge in [-0.05, 0) is 97.9 Å². The van der Waals surface area contributed by atoms with Crippen molar-refractivity contribution in [3.63, 3.8) is 0 Å². The number of hydrogen-bond donors (Lipinski definition) is 0. The average molecular weight is 843 g/mol. The molecule has 2 aliphatic rings. The van der Waals surface area contributed by atoms with Crippen molar-refractivity contribution in [3.05, 3.63) is 271 Å². The maximum Gasteiger partial charge on any atom is 0.0629 e. The molecule has 12 rings (SSSR count). The first kappa shape index (κ1) is 39.2. The molecule has 0 aromatic heterocycles. The molecule has 2 atom stereocenters. The fraction of sp³-hybridized carbons (Fsp3) is 0.0312. The van der Waals surface area contributed by atoms with E-state index in [-0.39, 0.29) is 12.0 Å². The van der Waals surface area contributed by atoms with E-state index < -0.39 is 0 Å². The summed E-state index contributed by atoms with van der Waals surface area (Å²) in [5.74, 6) is 0.0622. The minimum Gasteiger partial charge on any atom is -0.333 e. The van der Waals surface area contributed by atoms with Crippen LogP contribution < -0.4 is 9.80 Å². The average Bonchev–Trinajstić information content (AvgIpc) is 3.40. The third-order valence-corrected chi connectivity index (χ3v) is 13.4. The summed E-state index contributed by atoms with van der Waals surface area (Å²) in [6.07, 6.45) is 9.64. The monoisotopic (exact) mass is 842 g/mol. The van der Waals surface area contributed by atoms with Gasteiger partial charge in [-0.15, -0.1) is 0 Å². The van der Waals surface area contributed by atoms with Crippen LogP contribution in [0.5, 0.6) is 0 Å². The lowest BCUT2D eigenvalue weighted by Gasteiger charge is -2.41. The van der Waals surface area contributed by atoms with Crippen LogP contribution in [0, 0.1) is 0 Å². The van der Waals surface area contributed by atoms with Crippen LogP contribution in [-0.2, 0) is 0 Å². The normalized spacial score (nSPS) is 14.5. The largest absolute Gasteiger partial charge is 0.333 e. The molecule has 0 spiro atoms. The molecule has 0 amide bonds. The quantitative estimate of drug-likeness (QED) is 0.135. The number of nitrogens with zero attached hydrogens (tertiary/aromatic N) is 2. The maximum atomic E-state index is 2.59. The van der Waals surface area contributed by atoms with Gasteiger partial charge in [-0.2, -0.15) is 0 Å². The second kappa shape index (κ2) is 16.9. The Balaban J connectivity index is 1.06. The molecule has 66 heavy (non-hydrogen) atoms. The lowest BCUT2D eigenvalue weighted by Crippen LogP contribution is -2.37. The second-order valence-corrected chi connectivity index (χ2v) is 17.2. The Labute approximate surface area is 387 Å². The molecule has 2 aliphatic carbocycles. The van der Waals surface area contributed by atoms with E-state index in [1.54, 1.807) is 0 Å². The van der Waals surface area contributed by atoms with E-state index in [0.29, 0.717) is 0 Å². The van der Waals surface area contributed by atoms with Gasteiger partial charge in [0.05, 0.1) is 23.1 Å². The molecule has 10 aromatic carbocycles. The molecule has 0 saturated heterocycles. The predicted molar refractivity (Wildman–Crippen MR) is 280 cm³/mol. The molecule has 0 bridgehead atoms. The van der Waals surface area contributed by atoms with Gasteiger partial charge < -0.3 is 9.80 Å². The first-order valence-corrected chi connectivity index (χ1v) is 22.9. The Morgan fingerprint density at radius 3 is 1.36 bits per heavy atom. The van der Waals surface area contributed by atoms with Gasteiger partial charge >= 0.3 is 0 Å². The highest BCUT2D eigenvalue weighted by molar-refractivity contribution is 6.08. The Hall–Kier alpha value is -8.46. The highest BCUT2D eigenvalue weighted by atomic mass is 15.2. The van der Waals surface area contributed by atoms with Crippen LogP contribution in [-0.4, -0.2) is 6.04 Å². The van der Waals surface area contributed by atoms with E-state index in [1.165, 1.54) is 77.7 Å². The van der Waals surface area contributed by atoms with Crippen molar-refractivity contribution in [2.45, 2.75) is 12.0 Å². The van der Waals surface area contributed by atoms with E-state index in [4.69, 9.17) is 0 Å². The van der Waals surface area contributed by atoms with Crippen molar-refractivity contribution in [1.82, 2.24) is 0 Å². The smallest absolute Gasteiger partial charge is 0.0629 e. The topological polar surface area (TPSA) is 6.48 Å². The van der Waals surface area contributed by atoms with Gasteiger partial charge in [-0.25, -0.2) is 0 Å². The third kappa shape index (κ3) is 7.01. The Morgan fingerprint density at radius 2 is 0.788 bits per heavy atom. The SMILES string of the molecule is C1=CC(N(c2ccccc2)c2cc(-c3ccccc3)ccc2-c2ccccc2)C2C=Cc3ccc(N(c4ccccc4)c4cc(-c5ccccc5)ccc4-c4ccccc4)c4ccc1c2c34. The molecule has 0 saturated carbocycles. The number of rotatable bonds is 10. The van der Waals surface area contributed by atoms with Crippen molar-refractivity contribution >= 4 is 51.4 Å². The van der Waals surface area contributed by atoms with Crippen LogP contribution >= 0.6 is 0 Å². The highest BCUT2D eigenvalue weighted by Crippen LogP contribution is 2.52. The number of para-hydroxylation sites is 2. The van der Waals surface area contributed by atoms with Gasteiger partial charge in [-0.1, -0.05) is 224 Å². The molecule has 0 radical (unpaired) electrons. The van der Waals surface area contributed by atoms with Crippen LogP contribution in [0.4, 0.5) is 28.4 Å². The Bertz CT molecular complexity index is 3400. The van der Waals surface area contributed by atoms with Crippen LogP contribution in [0.1, 0.15) is 22.6 Å². The van der Waals surface area contributed by atoms with Gasteiger partial charge in [0.1, 0.15) is 0 Å². The molecule has 312 valence electrons. The zero-order valence-electron chi connectivity index (χ0n) is 36.5. The summed E-state index contributed by atoms with van der Waals surface area (Å²) in [6, 6.07) is 88.3. The molecular formula is C64H46N2. The standard InChI is InChI=1S/C64H46N2/c1-7-19-45(20-8-1)51-33-37-55(47-23-11-3-12-24-47)61(43-51)65(53-27-15-5-16-28-53)59-41-35-49-32-40-58-60(42-36-50-31-39-57(59)63(49)64(50)58)66(54-29-17-6-18-30-54)62-44-52(46-21-9-2-10-22-46)34-38-56(62)48-25-13-4-14-26-48/h1-44,57,59H. The van der Waals surface area contributed by atoms with Crippen molar-refractivity contribution in [2.24, 2.45) is 0 Å². The third-order valence-electron chi connectivity index (χ3n) is 13.4. The maximum absolute atomic E-state index is 2.59. The summed E-state index contributed by atoms with van der Waals surface area (Å²) < 4.78 is 0. The first-order valence-electron chi connectivity index (χ1n) is 22.9. The fourth-order valence-electron chi connectivity index (χ4n) is 10.3. The minimum absolute atomic E-state index is 0.0236. The van der Waals surface area contributed by atoms with E-state index in [1.807, 2.05) is 0 Å². The van der Waals surface area contributed by atoms with E-state index in [0.717, 1.165) is 22.7 Å². The predicted octanol–water partition coefficient (Wildman–Crippen LogP) is 17.3. The Morgan fingerprint density at radius 1 is 0.318 bits per heavy atom. The zero-order chi connectivity index (χ0) is 43.8. The Kier molecular flexibility index (Phi) is 10.0. The lowest BCUT2D eigenvalue weighted by atomic mass is 9.75. The van der Waals surface area contributed by atoms with E-state index in [2.05, 4.69) is 277 Å². The molecule has 0 N–H and O–H groups in total. The molecule has 2 heteroatoms. The number of hydrogen-bond acceptors (Lipinski definition) is 2. The second-order valence-electron chi connectivity index (χ2n) is 17.2. The van der Waals surface area contributed by atoms with Crippen LogP contribution in [0.2, 0.25) is 0 Å². The first-order chi connectivity index (χ1) is 32.8. The summed E-state index contributed by atoms with van der Waals surface area (Å²) >= 11 is 0. The van der Waals surface area contributed by atoms with Gasteiger partial charge in [0.2, 0.25) is 0 Å². The molecule has 2 nitrogen and oxygen atoms in total. The van der Waals surface area contributed by atoms with Crippen LogP contribution in [0.15, 0.2) is 255 Å². The molecule has 10 aromatic rings. The molecule has 0 fully saturated rings. The van der Waals surface area contributed by atoms with E-state index in [9.17, 15) is 0 Å². The summed E-state index contributed by atoms with van der Waals surface area (Å²) in [5, 5.41) is 2.53. The molecular weight excluding hydrogens is 797 g/mol. The minimum atomic E-state index is -0.0236. The van der Waals surface area contributed by atoms with Crippen molar-refractivity contribution in [1.29, 1.82) is 0 Å².